The van der Waals surface area contributed by atoms with E-state index in [1.165, 1.54) is 25.7 Å². The standard InChI is InChI=1S/C55H99N7O12/c1-33(2)22-20-18-16-14-13-15-17-19-21-23-40-30-46(63)58-41(24-25-47(64)65)50(68)59-43(28-36(7)8)52(70)57-39(26-34(3)4)32-56-42(27-35(5)6)51(69)61-45(31-48(66)67)53(71)60-44(29-37(9)10)54(72)62-49(38(11)12)55(73)74-40/h33-45,49,56H,13-32H2,1-12H3,(H,57,70)(H,58,63)(H,59,68)(H,60,71)(H,61,69)(H,62,72)(H,64,65)(H,66,67)/t39-,40?,41+,42+,43+,44-,45+,49+/m1/s1. The molecule has 0 spiro atoms. The first kappa shape index (κ1) is 67.2. The molecule has 9 N–H and O–H groups in total. The van der Waals surface area contributed by atoms with Crippen LogP contribution in [0.5, 0.6) is 0 Å². The maximum atomic E-state index is 14.2. The van der Waals surface area contributed by atoms with Crippen molar-refractivity contribution in [1.82, 2.24) is 37.2 Å². The molecule has 0 radical (unpaired) electrons. The zero-order valence-corrected chi connectivity index (χ0v) is 47.2. The Morgan fingerprint density at radius 1 is 0.486 bits per heavy atom. The smallest absolute Gasteiger partial charge is 0.329 e. The van der Waals surface area contributed by atoms with Crippen LogP contribution in [0.15, 0.2) is 0 Å². The Hall–Kier alpha value is -4.81. The number of amides is 6. The summed E-state index contributed by atoms with van der Waals surface area (Å²) in [4.78, 5) is 123. The zero-order chi connectivity index (χ0) is 56.1. The van der Waals surface area contributed by atoms with Gasteiger partial charge in [-0.3, -0.25) is 38.4 Å². The fraction of sp³-hybridized carbons (Fsp3) is 0.836. The van der Waals surface area contributed by atoms with Gasteiger partial charge in [-0.1, -0.05) is 141 Å². The fourth-order valence-electron chi connectivity index (χ4n) is 9.06. The highest BCUT2D eigenvalue weighted by Gasteiger charge is 2.36. The van der Waals surface area contributed by atoms with Gasteiger partial charge in [0.05, 0.1) is 18.9 Å². The monoisotopic (exact) mass is 1050 g/mol. The second kappa shape index (κ2) is 36.2. The van der Waals surface area contributed by atoms with E-state index >= 15 is 0 Å². The predicted molar refractivity (Wildman–Crippen MR) is 285 cm³/mol. The van der Waals surface area contributed by atoms with Crippen molar-refractivity contribution < 1.29 is 58.1 Å². The lowest BCUT2D eigenvalue weighted by Gasteiger charge is -2.29. The zero-order valence-electron chi connectivity index (χ0n) is 47.2. The summed E-state index contributed by atoms with van der Waals surface area (Å²) in [5.74, 6) is -7.88. The van der Waals surface area contributed by atoms with Crippen LogP contribution in [0.25, 0.3) is 0 Å². The Kier molecular flexibility index (Phi) is 32.9. The van der Waals surface area contributed by atoms with Crippen molar-refractivity contribution in [2.75, 3.05) is 6.54 Å². The van der Waals surface area contributed by atoms with Crippen molar-refractivity contribution in [3.05, 3.63) is 0 Å². The number of carbonyl (C=O) groups excluding carboxylic acids is 7. The minimum atomic E-state index is -1.60. The summed E-state index contributed by atoms with van der Waals surface area (Å²) in [5, 5.41) is 39.2. The molecule has 1 unspecified atom stereocenters. The van der Waals surface area contributed by atoms with Gasteiger partial charge in [0.15, 0.2) is 0 Å². The highest BCUT2D eigenvalue weighted by atomic mass is 16.5. The first-order valence-corrected chi connectivity index (χ1v) is 27.9. The molecule has 1 aliphatic heterocycles. The maximum Gasteiger partial charge on any atom is 0.329 e. The van der Waals surface area contributed by atoms with E-state index in [9.17, 15) is 53.4 Å². The molecule has 1 saturated heterocycles. The second-order valence-corrected chi connectivity index (χ2v) is 23.2. The first-order valence-electron chi connectivity index (χ1n) is 27.9. The lowest BCUT2D eigenvalue weighted by atomic mass is 9.98. The van der Waals surface area contributed by atoms with Gasteiger partial charge in [-0.05, 0) is 80.5 Å². The number of esters is 1. The van der Waals surface area contributed by atoms with Gasteiger partial charge >= 0.3 is 17.9 Å². The summed E-state index contributed by atoms with van der Waals surface area (Å²) in [7, 11) is 0. The Morgan fingerprint density at radius 2 is 0.932 bits per heavy atom. The number of hydrogen-bond donors (Lipinski definition) is 9. The van der Waals surface area contributed by atoms with E-state index in [0.29, 0.717) is 18.8 Å². The van der Waals surface area contributed by atoms with E-state index in [4.69, 9.17) is 4.74 Å². The molecule has 1 heterocycles. The number of carbonyl (C=O) groups is 9. The highest BCUT2D eigenvalue weighted by molar-refractivity contribution is 5.96. The SMILES string of the molecule is CC(C)CCCCCCCCCCCC1CC(=O)N[C@@H](CCC(=O)O)C(=O)N[C@@H](CC(C)C)C(=O)N[C@H](CC(C)C)CN[C@@H](CC(C)C)C(=O)N[C@@H](CC(=O)O)C(=O)N[C@H](CC(C)C)C(=O)N[C@@H](C(C)C)C(=O)O1. The molecule has 6 amide bonds. The van der Waals surface area contributed by atoms with Crippen molar-refractivity contribution >= 4 is 53.4 Å². The Labute approximate surface area is 442 Å². The summed E-state index contributed by atoms with van der Waals surface area (Å²) < 4.78 is 6.04. The molecular formula is C55H99N7O12. The average Bonchev–Trinajstić information content (AvgIpc) is 3.27. The van der Waals surface area contributed by atoms with E-state index in [-0.39, 0.29) is 62.3 Å². The lowest BCUT2D eigenvalue weighted by Crippen LogP contribution is -2.59. The number of hydrogen-bond acceptors (Lipinski definition) is 11. The molecule has 8 atom stereocenters. The maximum absolute atomic E-state index is 14.2. The Balaban J connectivity index is 3.83. The van der Waals surface area contributed by atoms with Gasteiger partial charge in [0.25, 0.3) is 0 Å². The van der Waals surface area contributed by atoms with E-state index in [1.807, 2.05) is 55.4 Å². The van der Waals surface area contributed by atoms with Crippen LogP contribution in [0.3, 0.4) is 0 Å². The molecule has 0 aromatic carbocycles. The highest BCUT2D eigenvalue weighted by Crippen LogP contribution is 2.19. The number of aliphatic carboxylic acids is 2. The summed E-state index contributed by atoms with van der Waals surface area (Å²) in [5.41, 5.74) is 0. The molecular weight excluding hydrogens is 951 g/mol. The van der Waals surface area contributed by atoms with Crippen molar-refractivity contribution in [1.29, 1.82) is 0 Å². The molecule has 0 saturated carbocycles. The molecule has 19 heteroatoms. The number of unbranched alkanes of at least 4 members (excludes halogenated alkanes) is 8. The molecule has 426 valence electrons. The molecule has 0 bridgehead atoms. The molecule has 0 aliphatic carbocycles. The van der Waals surface area contributed by atoms with Crippen molar-refractivity contribution in [3.63, 3.8) is 0 Å². The third-order valence-electron chi connectivity index (χ3n) is 12.9. The summed E-state index contributed by atoms with van der Waals surface area (Å²) in [6.45, 7) is 23.0. The van der Waals surface area contributed by atoms with Gasteiger partial charge in [-0.2, -0.15) is 0 Å². The summed E-state index contributed by atoms with van der Waals surface area (Å²) in [6, 6.07) is -8.15. The second-order valence-electron chi connectivity index (χ2n) is 23.2. The minimum Gasteiger partial charge on any atom is -0.481 e. The number of nitrogens with one attached hydrogen (secondary N) is 7. The van der Waals surface area contributed by atoms with Crippen molar-refractivity contribution in [2.45, 2.75) is 253 Å². The molecule has 1 rings (SSSR count). The van der Waals surface area contributed by atoms with Crippen LogP contribution in [0.1, 0.15) is 205 Å². The van der Waals surface area contributed by atoms with Crippen LogP contribution >= 0.6 is 0 Å². The number of cyclic esters (lactones) is 1. The predicted octanol–water partition coefficient (Wildman–Crippen LogP) is 6.30. The number of carboxylic acid groups (broad SMARTS) is 2. The topological polar surface area (TPSA) is 288 Å². The largest absolute Gasteiger partial charge is 0.481 e. The number of carboxylic acids is 2. The molecule has 1 fully saturated rings. The molecule has 74 heavy (non-hydrogen) atoms. The van der Waals surface area contributed by atoms with Gasteiger partial charge in [0.2, 0.25) is 35.4 Å². The van der Waals surface area contributed by atoms with Crippen LogP contribution in [-0.2, 0) is 47.9 Å². The van der Waals surface area contributed by atoms with Crippen LogP contribution in [0.4, 0.5) is 0 Å². The molecule has 1 aliphatic rings. The minimum absolute atomic E-state index is 0.0526. The summed E-state index contributed by atoms with van der Waals surface area (Å²) in [6.07, 6.45) is 8.71. The third-order valence-corrected chi connectivity index (χ3v) is 12.9. The first-order chi connectivity index (χ1) is 34.7. The quantitative estimate of drug-likeness (QED) is 0.0340. The summed E-state index contributed by atoms with van der Waals surface area (Å²) >= 11 is 0. The molecule has 0 aromatic heterocycles. The van der Waals surface area contributed by atoms with Gasteiger partial charge in [-0.15, -0.1) is 0 Å². The van der Waals surface area contributed by atoms with Gasteiger partial charge in [0.1, 0.15) is 36.3 Å². The van der Waals surface area contributed by atoms with Crippen LogP contribution in [0, 0.1) is 35.5 Å². The van der Waals surface area contributed by atoms with Crippen LogP contribution < -0.4 is 37.2 Å². The third kappa shape index (κ3) is 29.9. The Morgan fingerprint density at radius 3 is 1.42 bits per heavy atom. The lowest BCUT2D eigenvalue weighted by molar-refractivity contribution is -0.156. The van der Waals surface area contributed by atoms with Crippen molar-refractivity contribution in [3.8, 4) is 0 Å². The number of rotatable bonds is 26. The van der Waals surface area contributed by atoms with Crippen molar-refractivity contribution in [2.24, 2.45) is 35.5 Å². The van der Waals surface area contributed by atoms with Gasteiger partial charge < -0.3 is 52.2 Å². The number of ether oxygens (including phenoxy) is 1. The van der Waals surface area contributed by atoms with Gasteiger partial charge in [-0.25, -0.2) is 4.79 Å². The fourth-order valence-corrected chi connectivity index (χ4v) is 9.06. The van der Waals surface area contributed by atoms with Crippen LogP contribution in [-0.4, -0.2) is 119 Å². The Bertz CT molecular complexity index is 1760. The average molecular weight is 1050 g/mol. The van der Waals surface area contributed by atoms with Crippen LogP contribution in [0.2, 0.25) is 0 Å². The van der Waals surface area contributed by atoms with E-state index < -0.39 is 127 Å². The molecule has 19 nitrogen and oxygen atoms in total. The molecule has 0 aromatic rings. The van der Waals surface area contributed by atoms with E-state index in [2.05, 4.69) is 51.1 Å². The van der Waals surface area contributed by atoms with E-state index in [1.54, 1.807) is 13.8 Å². The normalized spacial score (nSPS) is 23.9. The van der Waals surface area contributed by atoms with E-state index in [0.717, 1.165) is 32.1 Å². The van der Waals surface area contributed by atoms with Gasteiger partial charge in [0, 0.05) is 19.0 Å².